The molecule has 0 heterocycles. The van der Waals surface area contributed by atoms with Crippen LogP contribution in [-0.4, -0.2) is 16.2 Å². The molecule has 0 unspecified atom stereocenters. The van der Waals surface area contributed by atoms with E-state index in [1.54, 1.807) is 18.2 Å². The van der Waals surface area contributed by atoms with E-state index in [1.165, 1.54) is 0 Å². The molecule has 2 aromatic carbocycles. The average Bonchev–Trinajstić information content (AvgIpc) is 2.38. The largest absolute Gasteiger partial charge is 0.507 e. The molecule has 3 nitrogen and oxygen atoms in total. The van der Waals surface area contributed by atoms with Crippen LogP contribution >= 0.6 is 0 Å². The molecule has 2 aromatic rings. The highest BCUT2D eigenvalue weighted by Crippen LogP contribution is 2.37. The highest BCUT2D eigenvalue weighted by molar-refractivity contribution is 5.81. The highest BCUT2D eigenvalue weighted by atomic mass is 16.4. The molecule has 0 bridgehead atoms. The van der Waals surface area contributed by atoms with Crippen LogP contribution in [0.1, 0.15) is 30.9 Å². The Morgan fingerprint density at radius 2 is 1.80 bits per heavy atom. The van der Waals surface area contributed by atoms with E-state index >= 15 is 0 Å². The number of carbonyl (C=O) groups is 1. The maximum absolute atomic E-state index is 11.0. The van der Waals surface area contributed by atoms with Crippen LogP contribution < -0.4 is 0 Å². The zero-order chi connectivity index (χ0) is 14.7. The quantitative estimate of drug-likeness (QED) is 0.888. The van der Waals surface area contributed by atoms with Gasteiger partial charge in [-0.15, -0.1) is 0 Å². The molecule has 20 heavy (non-hydrogen) atoms. The minimum atomic E-state index is -0.904. The predicted molar refractivity (Wildman–Crippen MR) is 79.0 cm³/mol. The van der Waals surface area contributed by atoms with E-state index < -0.39 is 5.97 Å². The molecule has 0 spiro atoms. The Balaban J connectivity index is 2.66. The van der Waals surface area contributed by atoms with Gasteiger partial charge in [-0.05, 0) is 28.7 Å². The second-order valence-corrected chi connectivity index (χ2v) is 5.12. The minimum absolute atomic E-state index is 0.101. The van der Waals surface area contributed by atoms with Crippen molar-refractivity contribution in [2.75, 3.05) is 0 Å². The zero-order valence-electron chi connectivity index (χ0n) is 11.6. The predicted octanol–water partition coefficient (Wildman–Crippen LogP) is 3.81. The maximum Gasteiger partial charge on any atom is 0.307 e. The molecule has 0 radical (unpaired) electrons. The van der Waals surface area contributed by atoms with Gasteiger partial charge in [-0.25, -0.2) is 0 Å². The third-order valence-electron chi connectivity index (χ3n) is 3.32. The second-order valence-electron chi connectivity index (χ2n) is 5.12. The third kappa shape index (κ3) is 2.82. The number of carboxylic acids is 1. The van der Waals surface area contributed by atoms with E-state index in [-0.39, 0.29) is 12.2 Å². The van der Waals surface area contributed by atoms with Gasteiger partial charge < -0.3 is 10.2 Å². The summed E-state index contributed by atoms with van der Waals surface area (Å²) in [5.41, 5.74) is 3.25. The van der Waals surface area contributed by atoms with Crippen molar-refractivity contribution >= 4 is 5.97 Å². The Morgan fingerprint density at radius 3 is 2.45 bits per heavy atom. The summed E-state index contributed by atoms with van der Waals surface area (Å²) in [4.78, 5) is 11.0. The van der Waals surface area contributed by atoms with E-state index in [4.69, 9.17) is 5.11 Å². The van der Waals surface area contributed by atoms with E-state index in [9.17, 15) is 9.90 Å². The lowest BCUT2D eigenvalue weighted by Crippen LogP contribution is -2.03. The van der Waals surface area contributed by atoms with Gasteiger partial charge >= 0.3 is 5.97 Å². The number of rotatable bonds is 4. The van der Waals surface area contributed by atoms with Gasteiger partial charge in [-0.1, -0.05) is 50.2 Å². The standard InChI is InChI=1S/C17H18O3/c1-11(2)13-7-3-4-8-14(13)17-12(10-16(19)20)6-5-9-15(17)18/h3-9,11,18H,10H2,1-2H3,(H,19,20). The smallest absolute Gasteiger partial charge is 0.307 e. The van der Waals surface area contributed by atoms with Crippen LogP contribution in [0.15, 0.2) is 42.5 Å². The lowest BCUT2D eigenvalue weighted by molar-refractivity contribution is -0.136. The minimum Gasteiger partial charge on any atom is -0.507 e. The van der Waals surface area contributed by atoms with Crippen molar-refractivity contribution in [1.29, 1.82) is 0 Å². The first-order valence-electron chi connectivity index (χ1n) is 6.62. The number of phenolic OH excluding ortho intramolecular Hbond substituents is 1. The number of aliphatic carboxylic acids is 1. The fourth-order valence-corrected chi connectivity index (χ4v) is 2.44. The molecule has 0 aromatic heterocycles. The van der Waals surface area contributed by atoms with E-state index in [0.29, 0.717) is 17.0 Å². The van der Waals surface area contributed by atoms with Crippen molar-refractivity contribution in [1.82, 2.24) is 0 Å². The van der Waals surface area contributed by atoms with E-state index in [0.717, 1.165) is 11.1 Å². The molecule has 0 saturated carbocycles. The molecule has 3 heteroatoms. The molecule has 0 atom stereocenters. The molecule has 0 fully saturated rings. The summed E-state index contributed by atoms with van der Waals surface area (Å²) in [5.74, 6) is -0.487. The second kappa shape index (κ2) is 5.78. The fraction of sp³-hybridized carbons (Fsp3) is 0.235. The van der Waals surface area contributed by atoms with Crippen LogP contribution in [0.3, 0.4) is 0 Å². The Morgan fingerprint density at radius 1 is 1.10 bits per heavy atom. The average molecular weight is 270 g/mol. The summed E-state index contributed by atoms with van der Waals surface area (Å²) in [6.45, 7) is 4.16. The Kier molecular flexibility index (Phi) is 4.08. The Labute approximate surface area is 118 Å². The molecule has 104 valence electrons. The van der Waals surface area contributed by atoms with Crippen LogP contribution in [0, 0.1) is 0 Å². The van der Waals surface area contributed by atoms with E-state index in [2.05, 4.69) is 13.8 Å². The van der Waals surface area contributed by atoms with Gasteiger partial charge in [-0.3, -0.25) is 4.79 Å². The molecule has 0 amide bonds. The van der Waals surface area contributed by atoms with Gasteiger partial charge in [0, 0.05) is 5.56 Å². The Hall–Kier alpha value is -2.29. The van der Waals surface area contributed by atoms with Crippen molar-refractivity contribution < 1.29 is 15.0 Å². The van der Waals surface area contributed by atoms with Crippen LogP contribution in [-0.2, 0) is 11.2 Å². The molecule has 0 aliphatic heterocycles. The summed E-state index contributed by atoms with van der Waals surface area (Å²) >= 11 is 0. The van der Waals surface area contributed by atoms with Gasteiger partial charge in [-0.2, -0.15) is 0 Å². The number of carboxylic acid groups (broad SMARTS) is 1. The van der Waals surface area contributed by atoms with Gasteiger partial charge in [0.1, 0.15) is 5.75 Å². The topological polar surface area (TPSA) is 57.5 Å². The van der Waals surface area contributed by atoms with Crippen LogP contribution in [0.2, 0.25) is 0 Å². The highest BCUT2D eigenvalue weighted by Gasteiger charge is 2.16. The molecule has 0 aliphatic rings. The molecular formula is C17H18O3. The first kappa shape index (κ1) is 14.1. The normalized spacial score (nSPS) is 10.8. The summed E-state index contributed by atoms with van der Waals surface area (Å²) in [6, 6.07) is 12.8. The molecule has 2 rings (SSSR count). The SMILES string of the molecule is CC(C)c1ccccc1-c1c(O)cccc1CC(=O)O. The van der Waals surface area contributed by atoms with Gasteiger partial charge in [0.25, 0.3) is 0 Å². The van der Waals surface area contributed by atoms with Crippen molar-refractivity contribution in [3.8, 4) is 16.9 Å². The first-order valence-corrected chi connectivity index (χ1v) is 6.62. The number of hydrogen-bond acceptors (Lipinski definition) is 2. The van der Waals surface area contributed by atoms with Crippen LogP contribution in [0.25, 0.3) is 11.1 Å². The molecule has 0 saturated heterocycles. The number of phenols is 1. The van der Waals surface area contributed by atoms with E-state index in [1.807, 2.05) is 24.3 Å². The third-order valence-corrected chi connectivity index (χ3v) is 3.32. The monoisotopic (exact) mass is 270 g/mol. The number of aromatic hydroxyl groups is 1. The van der Waals surface area contributed by atoms with Crippen LogP contribution in [0.4, 0.5) is 0 Å². The van der Waals surface area contributed by atoms with Crippen molar-refractivity contribution in [2.45, 2.75) is 26.2 Å². The van der Waals surface area contributed by atoms with Crippen molar-refractivity contribution in [2.24, 2.45) is 0 Å². The summed E-state index contributed by atoms with van der Waals surface area (Å²) < 4.78 is 0. The maximum atomic E-state index is 11.0. The lowest BCUT2D eigenvalue weighted by Gasteiger charge is -2.16. The van der Waals surface area contributed by atoms with Gasteiger partial charge in [0.2, 0.25) is 0 Å². The molecule has 0 aliphatic carbocycles. The van der Waals surface area contributed by atoms with Gasteiger partial charge in [0.05, 0.1) is 6.42 Å². The fourth-order valence-electron chi connectivity index (χ4n) is 2.44. The van der Waals surface area contributed by atoms with Crippen LogP contribution in [0.5, 0.6) is 5.75 Å². The van der Waals surface area contributed by atoms with Crippen molar-refractivity contribution in [3.05, 3.63) is 53.6 Å². The summed E-state index contributed by atoms with van der Waals surface area (Å²) in [6.07, 6.45) is -0.101. The summed E-state index contributed by atoms with van der Waals surface area (Å²) in [7, 11) is 0. The molecule has 2 N–H and O–H groups in total. The number of benzene rings is 2. The zero-order valence-corrected chi connectivity index (χ0v) is 11.6. The lowest BCUT2D eigenvalue weighted by atomic mass is 9.89. The van der Waals surface area contributed by atoms with Crippen molar-refractivity contribution in [3.63, 3.8) is 0 Å². The number of hydrogen-bond donors (Lipinski definition) is 2. The summed E-state index contributed by atoms with van der Waals surface area (Å²) in [5, 5.41) is 19.2. The first-order chi connectivity index (χ1) is 9.50. The molecular weight excluding hydrogens is 252 g/mol. The van der Waals surface area contributed by atoms with Gasteiger partial charge in [0.15, 0.2) is 0 Å². The Bertz CT molecular complexity index is 630.